The van der Waals surface area contributed by atoms with Gasteiger partial charge in [-0.3, -0.25) is 0 Å². The second-order valence-corrected chi connectivity index (χ2v) is 8.15. The van der Waals surface area contributed by atoms with Gasteiger partial charge in [0.1, 0.15) is 5.75 Å². The standard InChI is InChI=1S/C16H16Cl2O3S/c1-9-4-10(2)16(11(3)5-9)22(20,21)8-12-6-13(17)7-14(18)15(12)19/h4-7,19H,8H2,1-3H3. The third-order valence-corrected chi connectivity index (χ3v) is 5.83. The molecule has 0 amide bonds. The normalized spacial score (nSPS) is 11.7. The van der Waals surface area contributed by atoms with Crippen LogP contribution >= 0.6 is 23.2 Å². The van der Waals surface area contributed by atoms with Crippen LogP contribution in [0.3, 0.4) is 0 Å². The van der Waals surface area contributed by atoms with E-state index in [0.717, 1.165) is 5.56 Å². The smallest absolute Gasteiger partial charge is 0.183 e. The minimum atomic E-state index is -3.62. The molecule has 2 aromatic rings. The largest absolute Gasteiger partial charge is 0.506 e. The van der Waals surface area contributed by atoms with Gasteiger partial charge in [0.15, 0.2) is 9.84 Å². The predicted octanol–water partition coefficient (Wildman–Crippen LogP) is 4.60. The fourth-order valence-electron chi connectivity index (χ4n) is 2.66. The Morgan fingerprint density at radius 2 is 1.55 bits per heavy atom. The molecule has 0 aliphatic carbocycles. The number of hydrogen-bond acceptors (Lipinski definition) is 3. The summed E-state index contributed by atoms with van der Waals surface area (Å²) in [7, 11) is -3.62. The Morgan fingerprint density at radius 3 is 2.09 bits per heavy atom. The Kier molecular flexibility index (Phi) is 4.76. The summed E-state index contributed by atoms with van der Waals surface area (Å²) in [5.41, 5.74) is 2.56. The zero-order valence-corrected chi connectivity index (χ0v) is 14.8. The average molecular weight is 359 g/mol. The Morgan fingerprint density at radius 1 is 1.00 bits per heavy atom. The highest BCUT2D eigenvalue weighted by Crippen LogP contribution is 2.34. The Balaban J connectivity index is 2.54. The summed E-state index contributed by atoms with van der Waals surface area (Å²) >= 11 is 11.7. The van der Waals surface area contributed by atoms with E-state index < -0.39 is 9.84 Å². The van der Waals surface area contributed by atoms with Gasteiger partial charge in [-0.25, -0.2) is 8.42 Å². The predicted molar refractivity (Wildman–Crippen MR) is 89.7 cm³/mol. The quantitative estimate of drug-likeness (QED) is 0.872. The first-order valence-electron chi connectivity index (χ1n) is 6.59. The molecular formula is C16H16Cl2O3S. The molecule has 0 aromatic heterocycles. The van der Waals surface area contributed by atoms with Crippen LogP contribution in [-0.2, 0) is 15.6 Å². The van der Waals surface area contributed by atoms with Crippen molar-refractivity contribution < 1.29 is 13.5 Å². The van der Waals surface area contributed by atoms with E-state index >= 15 is 0 Å². The van der Waals surface area contributed by atoms with Gasteiger partial charge >= 0.3 is 0 Å². The first kappa shape index (κ1) is 17.1. The van der Waals surface area contributed by atoms with Crippen molar-refractivity contribution in [1.29, 1.82) is 0 Å². The van der Waals surface area contributed by atoms with Gasteiger partial charge in [-0.2, -0.15) is 0 Å². The van der Waals surface area contributed by atoms with E-state index in [0.29, 0.717) is 11.1 Å². The maximum atomic E-state index is 12.7. The molecule has 2 aromatic carbocycles. The molecule has 0 fully saturated rings. The van der Waals surface area contributed by atoms with Crippen LogP contribution in [0.2, 0.25) is 10.0 Å². The van der Waals surface area contributed by atoms with Crippen molar-refractivity contribution in [2.24, 2.45) is 0 Å². The van der Waals surface area contributed by atoms with E-state index in [9.17, 15) is 13.5 Å². The number of phenols is 1. The number of benzene rings is 2. The molecule has 0 saturated carbocycles. The zero-order chi connectivity index (χ0) is 16.7. The number of halogens is 2. The second kappa shape index (κ2) is 6.11. The molecule has 22 heavy (non-hydrogen) atoms. The number of aryl methyl sites for hydroxylation is 3. The fourth-order valence-corrected chi connectivity index (χ4v) is 5.07. The molecule has 0 heterocycles. The van der Waals surface area contributed by atoms with E-state index in [1.807, 2.05) is 19.1 Å². The molecule has 0 spiro atoms. The van der Waals surface area contributed by atoms with E-state index in [-0.39, 0.29) is 32.0 Å². The summed E-state index contributed by atoms with van der Waals surface area (Å²) in [5, 5.41) is 10.3. The molecule has 0 bridgehead atoms. The van der Waals surface area contributed by atoms with Gasteiger partial charge in [0.05, 0.1) is 15.7 Å². The van der Waals surface area contributed by atoms with Crippen molar-refractivity contribution in [3.8, 4) is 5.75 Å². The van der Waals surface area contributed by atoms with Gasteiger partial charge in [-0.1, -0.05) is 40.9 Å². The molecule has 0 aliphatic rings. The van der Waals surface area contributed by atoms with Crippen molar-refractivity contribution in [1.82, 2.24) is 0 Å². The monoisotopic (exact) mass is 358 g/mol. The van der Waals surface area contributed by atoms with Crippen LogP contribution in [0.5, 0.6) is 5.75 Å². The molecule has 0 unspecified atom stereocenters. The number of aromatic hydroxyl groups is 1. The van der Waals surface area contributed by atoms with Gasteiger partial charge in [0.25, 0.3) is 0 Å². The van der Waals surface area contributed by atoms with Crippen molar-refractivity contribution in [2.45, 2.75) is 31.4 Å². The lowest BCUT2D eigenvalue weighted by Crippen LogP contribution is -2.09. The molecule has 1 N–H and O–H groups in total. The molecule has 0 radical (unpaired) electrons. The van der Waals surface area contributed by atoms with Crippen LogP contribution in [0.1, 0.15) is 22.3 Å². The minimum absolute atomic E-state index is 0.0371. The first-order chi connectivity index (χ1) is 10.1. The maximum Gasteiger partial charge on any atom is 0.183 e. The lowest BCUT2D eigenvalue weighted by Gasteiger charge is -2.13. The summed E-state index contributed by atoms with van der Waals surface area (Å²) in [5.74, 6) is -0.610. The second-order valence-electron chi connectivity index (χ2n) is 5.38. The molecule has 2 rings (SSSR count). The summed E-state index contributed by atoms with van der Waals surface area (Å²) in [6, 6.07) is 6.44. The lowest BCUT2D eigenvalue weighted by atomic mass is 10.1. The first-order valence-corrected chi connectivity index (χ1v) is 9.00. The van der Waals surface area contributed by atoms with Crippen molar-refractivity contribution in [3.05, 3.63) is 56.6 Å². The molecule has 6 heteroatoms. The molecule has 0 atom stereocenters. The van der Waals surface area contributed by atoms with Gasteiger partial charge in [0, 0.05) is 10.6 Å². The Bertz CT molecular complexity index is 820. The molecule has 0 saturated heterocycles. The number of phenolic OH excluding ortho intramolecular Hbond substituents is 1. The summed E-state index contributed by atoms with van der Waals surface area (Å²) in [6.45, 7) is 5.44. The van der Waals surface area contributed by atoms with E-state index in [1.165, 1.54) is 12.1 Å². The zero-order valence-electron chi connectivity index (χ0n) is 12.4. The van der Waals surface area contributed by atoms with Gasteiger partial charge < -0.3 is 5.11 Å². The van der Waals surface area contributed by atoms with Gasteiger partial charge in [0.2, 0.25) is 0 Å². The summed E-state index contributed by atoms with van der Waals surface area (Å²) in [6.07, 6.45) is 0. The van der Waals surface area contributed by atoms with Crippen LogP contribution in [0.25, 0.3) is 0 Å². The highest BCUT2D eigenvalue weighted by Gasteiger charge is 2.23. The highest BCUT2D eigenvalue weighted by molar-refractivity contribution is 7.90. The molecule has 3 nitrogen and oxygen atoms in total. The Hall–Kier alpha value is -1.23. The molecule has 0 aliphatic heterocycles. The number of hydrogen-bond donors (Lipinski definition) is 1. The van der Waals surface area contributed by atoms with Crippen molar-refractivity contribution in [2.75, 3.05) is 0 Å². The third-order valence-electron chi connectivity index (χ3n) is 3.37. The van der Waals surface area contributed by atoms with E-state index in [2.05, 4.69) is 0 Å². The summed E-state index contributed by atoms with van der Waals surface area (Å²) < 4.78 is 25.5. The van der Waals surface area contributed by atoms with E-state index in [4.69, 9.17) is 23.2 Å². The van der Waals surface area contributed by atoms with Crippen LogP contribution in [-0.4, -0.2) is 13.5 Å². The Labute approximate surface area is 140 Å². The van der Waals surface area contributed by atoms with Crippen LogP contribution < -0.4 is 0 Å². The highest BCUT2D eigenvalue weighted by atomic mass is 35.5. The summed E-state index contributed by atoms with van der Waals surface area (Å²) in [4.78, 5) is 0.286. The SMILES string of the molecule is Cc1cc(C)c(S(=O)(=O)Cc2cc(Cl)cc(Cl)c2O)c(C)c1. The van der Waals surface area contributed by atoms with Gasteiger partial charge in [-0.05, 0) is 44.0 Å². The third kappa shape index (κ3) is 3.40. The van der Waals surface area contributed by atoms with E-state index in [1.54, 1.807) is 13.8 Å². The maximum absolute atomic E-state index is 12.7. The topological polar surface area (TPSA) is 54.4 Å². The van der Waals surface area contributed by atoms with Crippen molar-refractivity contribution >= 4 is 33.0 Å². The van der Waals surface area contributed by atoms with Gasteiger partial charge in [-0.15, -0.1) is 0 Å². The minimum Gasteiger partial charge on any atom is -0.506 e. The number of sulfone groups is 1. The van der Waals surface area contributed by atoms with Crippen molar-refractivity contribution in [3.63, 3.8) is 0 Å². The molecular weight excluding hydrogens is 343 g/mol. The fraction of sp³-hybridized carbons (Fsp3) is 0.250. The lowest BCUT2D eigenvalue weighted by molar-refractivity contribution is 0.470. The van der Waals surface area contributed by atoms with Crippen LogP contribution in [0.15, 0.2) is 29.2 Å². The van der Waals surface area contributed by atoms with Crippen LogP contribution in [0.4, 0.5) is 0 Å². The average Bonchev–Trinajstić information content (AvgIpc) is 2.33. The molecule has 118 valence electrons. The number of rotatable bonds is 3. The van der Waals surface area contributed by atoms with Crippen LogP contribution in [0, 0.1) is 20.8 Å².